The van der Waals surface area contributed by atoms with Crippen molar-refractivity contribution in [3.63, 3.8) is 0 Å². The maximum Gasteiger partial charge on any atom is 0.306 e. The fourth-order valence-corrected chi connectivity index (χ4v) is 10.2. The first-order valence-electron chi connectivity index (χ1n) is 35.7. The maximum absolute atomic E-state index is 13.0. The summed E-state index contributed by atoms with van der Waals surface area (Å²) in [5, 5.41) is 0. The molecule has 0 saturated heterocycles. The average molecular weight is 1160 g/mol. The van der Waals surface area contributed by atoms with E-state index < -0.39 is 6.10 Å². The molecule has 6 heteroatoms. The molecule has 0 aromatic rings. The van der Waals surface area contributed by atoms with Crippen LogP contribution in [0.3, 0.4) is 0 Å². The Morgan fingerprint density at radius 3 is 0.759 bits per heavy atom. The fourth-order valence-electron chi connectivity index (χ4n) is 10.2. The summed E-state index contributed by atoms with van der Waals surface area (Å²) in [5.74, 6) is -0.918. The summed E-state index contributed by atoms with van der Waals surface area (Å²) in [6.07, 6.45) is 95.7. The summed E-state index contributed by atoms with van der Waals surface area (Å²) in [6, 6.07) is 0. The SMILES string of the molecule is CC/C=C\C/C=C\C/C=C\C/C=C\C/C=C\C/C=C\CCCCC(=O)OC(COC(=O)CCCCCCCCCCCCCCC/C=C\C/C=C\CCCCCCC)COC(=O)CCCCCCCCCCCCCCCCCCCCC. The summed E-state index contributed by atoms with van der Waals surface area (Å²) < 4.78 is 17.0. The summed E-state index contributed by atoms with van der Waals surface area (Å²) in [7, 11) is 0. The van der Waals surface area contributed by atoms with Gasteiger partial charge in [-0.15, -0.1) is 0 Å². The summed E-state index contributed by atoms with van der Waals surface area (Å²) in [6.45, 7) is 6.53. The minimum atomic E-state index is -0.802. The molecule has 478 valence electrons. The monoisotopic (exact) mass is 1160 g/mol. The van der Waals surface area contributed by atoms with Gasteiger partial charge in [-0.1, -0.05) is 330 Å². The van der Waals surface area contributed by atoms with Crippen LogP contribution in [-0.2, 0) is 28.6 Å². The zero-order valence-electron chi connectivity index (χ0n) is 54.9. The number of ether oxygens (including phenoxy) is 3. The second-order valence-corrected chi connectivity index (χ2v) is 23.8. The van der Waals surface area contributed by atoms with E-state index in [1.165, 1.54) is 212 Å². The molecule has 0 N–H and O–H groups in total. The molecule has 0 aliphatic heterocycles. The van der Waals surface area contributed by atoms with Crippen LogP contribution in [0.1, 0.15) is 355 Å². The summed E-state index contributed by atoms with van der Waals surface area (Å²) in [4.78, 5) is 38.5. The Hall–Kier alpha value is -3.67. The molecule has 6 nitrogen and oxygen atoms in total. The predicted molar refractivity (Wildman–Crippen MR) is 362 cm³/mol. The third-order valence-corrected chi connectivity index (χ3v) is 15.6. The van der Waals surface area contributed by atoms with Gasteiger partial charge in [0, 0.05) is 19.3 Å². The molecule has 0 rings (SSSR count). The largest absolute Gasteiger partial charge is 0.462 e. The third-order valence-electron chi connectivity index (χ3n) is 15.6. The van der Waals surface area contributed by atoms with Crippen LogP contribution in [0, 0.1) is 0 Å². The van der Waals surface area contributed by atoms with Gasteiger partial charge in [-0.25, -0.2) is 0 Å². The molecule has 0 aliphatic rings. The Bertz CT molecular complexity index is 1610. The Kier molecular flexibility index (Phi) is 67.7. The molecule has 0 spiro atoms. The van der Waals surface area contributed by atoms with Crippen LogP contribution in [0.2, 0.25) is 0 Å². The van der Waals surface area contributed by atoms with Gasteiger partial charge in [-0.05, 0) is 103 Å². The molecule has 0 heterocycles. The van der Waals surface area contributed by atoms with Crippen molar-refractivity contribution < 1.29 is 28.6 Å². The molecule has 0 aromatic heterocycles. The Morgan fingerprint density at radius 1 is 0.253 bits per heavy atom. The second-order valence-electron chi connectivity index (χ2n) is 23.8. The number of carbonyl (C=O) groups is 3. The van der Waals surface area contributed by atoms with Gasteiger partial charge in [0.05, 0.1) is 0 Å². The van der Waals surface area contributed by atoms with E-state index in [-0.39, 0.29) is 37.5 Å². The zero-order valence-corrected chi connectivity index (χ0v) is 54.9. The number of esters is 3. The van der Waals surface area contributed by atoms with Crippen LogP contribution in [0.25, 0.3) is 0 Å². The van der Waals surface area contributed by atoms with Gasteiger partial charge in [-0.2, -0.15) is 0 Å². The molecule has 0 radical (unpaired) electrons. The minimum absolute atomic E-state index is 0.0921. The minimum Gasteiger partial charge on any atom is -0.462 e. The van der Waals surface area contributed by atoms with Gasteiger partial charge in [0.15, 0.2) is 6.10 Å². The predicted octanol–water partition coefficient (Wildman–Crippen LogP) is 24.8. The molecule has 0 fully saturated rings. The van der Waals surface area contributed by atoms with Crippen molar-refractivity contribution >= 4 is 17.9 Å². The van der Waals surface area contributed by atoms with E-state index in [1.54, 1.807) is 0 Å². The van der Waals surface area contributed by atoms with E-state index in [9.17, 15) is 14.4 Å². The average Bonchev–Trinajstić information content (AvgIpc) is 3.50. The zero-order chi connectivity index (χ0) is 59.9. The van der Waals surface area contributed by atoms with Crippen LogP contribution in [0.4, 0.5) is 0 Å². The number of unbranched alkanes of at least 4 members (excludes halogenated alkanes) is 38. The van der Waals surface area contributed by atoms with E-state index in [2.05, 4.69) is 118 Å². The van der Waals surface area contributed by atoms with Gasteiger partial charge < -0.3 is 14.2 Å². The highest BCUT2D eigenvalue weighted by Crippen LogP contribution is 2.18. The number of rotatable bonds is 65. The lowest BCUT2D eigenvalue weighted by Gasteiger charge is -2.18. The Labute approximate surface area is 515 Å². The fraction of sp³-hybridized carbons (Fsp3) is 0.753. The lowest BCUT2D eigenvalue weighted by Crippen LogP contribution is -2.30. The van der Waals surface area contributed by atoms with Crippen molar-refractivity contribution in [2.45, 2.75) is 361 Å². The van der Waals surface area contributed by atoms with Gasteiger partial charge in [0.25, 0.3) is 0 Å². The molecule has 0 aromatic carbocycles. The van der Waals surface area contributed by atoms with Crippen LogP contribution in [0.15, 0.2) is 97.2 Å². The molecule has 83 heavy (non-hydrogen) atoms. The third kappa shape index (κ3) is 69.0. The first kappa shape index (κ1) is 79.3. The van der Waals surface area contributed by atoms with Crippen molar-refractivity contribution in [3.8, 4) is 0 Å². The van der Waals surface area contributed by atoms with Gasteiger partial charge in [0.1, 0.15) is 13.2 Å². The van der Waals surface area contributed by atoms with Gasteiger partial charge in [0.2, 0.25) is 0 Å². The standard InChI is InChI=1S/C77H134O6/c1-4-7-10-13-16-19-22-25-28-31-34-36-37-38-39-41-43-46-49-52-55-58-61-64-67-70-76(79)82-73-74(72-81-75(78)69-66-63-60-57-54-51-48-45-42-33-30-27-24-21-18-15-12-9-6-3)83-77(80)71-68-65-62-59-56-53-50-47-44-40-35-32-29-26-23-20-17-14-11-8-5-2/h8,11,17,20,22,25-26,29,31,34-35,40,47,50,56,59,74H,4-7,9-10,12-16,18-19,21,23-24,27-28,30,32-33,36-39,41-46,48-49,51-55,57-58,60-73H2,1-3H3/b11-8-,20-17-,25-22-,29-26-,34-31-,40-35-,50-47-,59-56-. The summed E-state index contributed by atoms with van der Waals surface area (Å²) in [5.41, 5.74) is 0. The lowest BCUT2D eigenvalue weighted by atomic mass is 10.0. The van der Waals surface area contributed by atoms with Crippen LogP contribution in [-0.4, -0.2) is 37.2 Å². The number of allylic oxidation sites excluding steroid dienone is 16. The van der Waals surface area contributed by atoms with Crippen molar-refractivity contribution in [1.82, 2.24) is 0 Å². The smallest absolute Gasteiger partial charge is 0.306 e. The van der Waals surface area contributed by atoms with E-state index in [0.717, 1.165) is 96.3 Å². The number of hydrogen-bond acceptors (Lipinski definition) is 6. The van der Waals surface area contributed by atoms with Crippen molar-refractivity contribution in [2.24, 2.45) is 0 Å². The highest BCUT2D eigenvalue weighted by atomic mass is 16.6. The normalized spacial score (nSPS) is 12.7. The van der Waals surface area contributed by atoms with E-state index in [4.69, 9.17) is 14.2 Å². The van der Waals surface area contributed by atoms with Gasteiger partial charge in [-0.3, -0.25) is 14.4 Å². The first-order chi connectivity index (χ1) is 41.0. The van der Waals surface area contributed by atoms with Crippen molar-refractivity contribution in [1.29, 1.82) is 0 Å². The quantitative estimate of drug-likeness (QED) is 0.0261. The Morgan fingerprint density at radius 2 is 0.470 bits per heavy atom. The molecule has 1 unspecified atom stereocenters. The molecule has 1 atom stereocenters. The van der Waals surface area contributed by atoms with Crippen LogP contribution in [0.5, 0.6) is 0 Å². The van der Waals surface area contributed by atoms with E-state index >= 15 is 0 Å². The Balaban J connectivity index is 4.41. The maximum atomic E-state index is 13.0. The van der Waals surface area contributed by atoms with Crippen LogP contribution >= 0.6 is 0 Å². The van der Waals surface area contributed by atoms with E-state index in [1.807, 2.05) is 0 Å². The summed E-state index contributed by atoms with van der Waals surface area (Å²) >= 11 is 0. The molecule has 0 amide bonds. The lowest BCUT2D eigenvalue weighted by molar-refractivity contribution is -0.167. The highest BCUT2D eigenvalue weighted by molar-refractivity contribution is 5.71. The number of carbonyl (C=O) groups excluding carboxylic acids is 3. The first-order valence-corrected chi connectivity index (χ1v) is 35.7. The molecular formula is C77H134O6. The van der Waals surface area contributed by atoms with E-state index in [0.29, 0.717) is 19.3 Å². The van der Waals surface area contributed by atoms with Crippen molar-refractivity contribution in [2.75, 3.05) is 13.2 Å². The van der Waals surface area contributed by atoms with Crippen LogP contribution < -0.4 is 0 Å². The topological polar surface area (TPSA) is 78.9 Å². The van der Waals surface area contributed by atoms with Gasteiger partial charge >= 0.3 is 17.9 Å². The molecular weight excluding hydrogens is 1020 g/mol. The molecule has 0 saturated carbocycles. The second kappa shape index (κ2) is 70.8. The molecule has 0 aliphatic carbocycles. The highest BCUT2D eigenvalue weighted by Gasteiger charge is 2.19. The molecule has 0 bridgehead atoms. The number of hydrogen-bond donors (Lipinski definition) is 0. The van der Waals surface area contributed by atoms with Crippen molar-refractivity contribution in [3.05, 3.63) is 97.2 Å².